The molecule has 0 radical (unpaired) electrons. The van der Waals surface area contributed by atoms with Crippen LogP contribution in [0.1, 0.15) is 49.5 Å². The van der Waals surface area contributed by atoms with Crippen LogP contribution < -0.4 is 0 Å². The Morgan fingerprint density at radius 1 is 1.33 bits per heavy atom. The molecule has 0 aliphatic carbocycles. The van der Waals surface area contributed by atoms with Crippen LogP contribution in [0.25, 0.3) is 5.00 Å². The fourth-order valence-corrected chi connectivity index (χ4v) is 3.69. The van der Waals surface area contributed by atoms with E-state index in [1.807, 2.05) is 38.3 Å². The Kier molecular flexibility index (Phi) is 4.32. The molecule has 0 fully saturated rings. The van der Waals surface area contributed by atoms with Crippen LogP contribution in [0.15, 0.2) is 6.07 Å². The van der Waals surface area contributed by atoms with Crippen molar-refractivity contribution in [1.82, 2.24) is 4.57 Å². The zero-order chi connectivity index (χ0) is 15.7. The first-order valence-electron chi connectivity index (χ1n) is 6.83. The minimum Gasteiger partial charge on any atom is -0.462 e. The predicted octanol–water partition coefficient (Wildman–Crippen LogP) is 3.76. The van der Waals surface area contributed by atoms with Gasteiger partial charge in [0.05, 0.1) is 12.2 Å². The molecule has 0 amide bonds. The predicted molar refractivity (Wildman–Crippen MR) is 83.9 cm³/mol. The Hall–Kier alpha value is -1.88. The second-order valence-corrected chi connectivity index (χ2v) is 6.17. The Bertz CT molecular complexity index is 710. The number of rotatable bonds is 4. The van der Waals surface area contributed by atoms with E-state index in [1.54, 1.807) is 18.3 Å². The Labute approximate surface area is 128 Å². The van der Waals surface area contributed by atoms with Gasteiger partial charge in [0.25, 0.3) is 0 Å². The smallest absolute Gasteiger partial charge is 0.341 e. The summed E-state index contributed by atoms with van der Waals surface area (Å²) in [5.41, 5.74) is 3.95. The van der Waals surface area contributed by atoms with Gasteiger partial charge >= 0.3 is 5.97 Å². The van der Waals surface area contributed by atoms with Crippen LogP contribution in [0, 0.1) is 27.7 Å². The Morgan fingerprint density at radius 3 is 2.52 bits per heavy atom. The normalized spacial score (nSPS) is 10.7. The van der Waals surface area contributed by atoms with Crippen LogP contribution in [0.4, 0.5) is 0 Å². The van der Waals surface area contributed by atoms with Crippen molar-refractivity contribution in [3.63, 3.8) is 0 Å². The Balaban J connectivity index is 2.70. The molecular weight excluding hydrogens is 286 g/mol. The number of nitrogens with zero attached hydrogens (tertiary/aromatic N) is 1. The minimum atomic E-state index is -0.311. The number of thiophene rings is 1. The third kappa shape index (κ3) is 2.53. The molecule has 21 heavy (non-hydrogen) atoms. The summed E-state index contributed by atoms with van der Waals surface area (Å²) < 4.78 is 7.14. The number of carbonyl (C=O) groups is 2. The first kappa shape index (κ1) is 15.5. The number of aromatic nitrogens is 1. The van der Waals surface area contributed by atoms with Gasteiger partial charge in [-0.2, -0.15) is 0 Å². The maximum atomic E-state index is 12.3. The lowest BCUT2D eigenvalue weighted by Gasteiger charge is -2.10. The molecule has 0 saturated carbocycles. The van der Waals surface area contributed by atoms with E-state index in [2.05, 4.69) is 0 Å². The zero-order valence-corrected chi connectivity index (χ0v) is 13.8. The first-order valence-corrected chi connectivity index (χ1v) is 7.65. The van der Waals surface area contributed by atoms with E-state index in [0.717, 1.165) is 33.1 Å². The lowest BCUT2D eigenvalue weighted by atomic mass is 10.1. The van der Waals surface area contributed by atoms with Crippen LogP contribution in [0.5, 0.6) is 0 Å². The number of hydrogen-bond donors (Lipinski definition) is 0. The summed E-state index contributed by atoms with van der Waals surface area (Å²) in [5.74, 6) is -0.311. The van der Waals surface area contributed by atoms with Gasteiger partial charge in [-0.1, -0.05) is 0 Å². The molecule has 0 spiro atoms. The van der Waals surface area contributed by atoms with Crippen molar-refractivity contribution in [2.75, 3.05) is 6.61 Å². The summed E-state index contributed by atoms with van der Waals surface area (Å²) in [7, 11) is 0. The molecule has 2 heterocycles. The maximum absolute atomic E-state index is 12.3. The highest BCUT2D eigenvalue weighted by atomic mass is 32.1. The van der Waals surface area contributed by atoms with E-state index in [1.165, 1.54) is 0 Å². The van der Waals surface area contributed by atoms with Crippen molar-refractivity contribution in [1.29, 1.82) is 0 Å². The fraction of sp³-hybridized carbons (Fsp3) is 0.375. The second-order valence-electron chi connectivity index (χ2n) is 4.96. The average molecular weight is 305 g/mol. The van der Waals surface area contributed by atoms with Gasteiger partial charge in [0.15, 0.2) is 6.29 Å². The maximum Gasteiger partial charge on any atom is 0.341 e. The highest BCUT2D eigenvalue weighted by molar-refractivity contribution is 7.15. The van der Waals surface area contributed by atoms with E-state index < -0.39 is 0 Å². The van der Waals surface area contributed by atoms with Crippen molar-refractivity contribution in [2.45, 2.75) is 34.6 Å². The number of esters is 1. The van der Waals surface area contributed by atoms with Gasteiger partial charge in [0.2, 0.25) is 0 Å². The standard InChI is InChI=1S/C16H19NO3S/c1-6-20-16(19)14-10(3)12(5)21-15(14)17-9(2)7-13(8-18)11(17)4/h7-8H,6H2,1-5H3. The van der Waals surface area contributed by atoms with Crippen molar-refractivity contribution < 1.29 is 14.3 Å². The summed E-state index contributed by atoms with van der Waals surface area (Å²) in [4.78, 5) is 24.5. The van der Waals surface area contributed by atoms with Gasteiger partial charge < -0.3 is 9.30 Å². The van der Waals surface area contributed by atoms with Crippen molar-refractivity contribution in [3.8, 4) is 5.00 Å². The number of carbonyl (C=O) groups excluding carboxylic acids is 2. The molecule has 2 rings (SSSR count). The fourth-order valence-electron chi connectivity index (χ4n) is 2.43. The van der Waals surface area contributed by atoms with Crippen LogP contribution >= 0.6 is 11.3 Å². The Morgan fingerprint density at radius 2 is 2.00 bits per heavy atom. The van der Waals surface area contributed by atoms with Gasteiger partial charge in [-0.15, -0.1) is 11.3 Å². The number of ether oxygens (including phenoxy) is 1. The molecule has 4 nitrogen and oxygen atoms in total. The lowest BCUT2D eigenvalue weighted by Crippen LogP contribution is -2.10. The molecule has 0 aliphatic rings. The molecule has 0 saturated heterocycles. The highest BCUT2D eigenvalue weighted by Gasteiger charge is 2.24. The third-order valence-corrected chi connectivity index (χ3v) is 4.84. The van der Waals surface area contributed by atoms with Gasteiger partial charge in [0, 0.05) is 21.8 Å². The van der Waals surface area contributed by atoms with E-state index >= 15 is 0 Å². The molecule has 2 aromatic rings. The van der Waals surface area contributed by atoms with Crippen LogP contribution in [-0.4, -0.2) is 23.4 Å². The van der Waals surface area contributed by atoms with Crippen LogP contribution in [-0.2, 0) is 4.74 Å². The summed E-state index contributed by atoms with van der Waals surface area (Å²) in [6, 6.07) is 1.83. The summed E-state index contributed by atoms with van der Waals surface area (Å²) in [6.45, 7) is 9.87. The number of aldehydes is 1. The molecule has 0 N–H and O–H groups in total. The topological polar surface area (TPSA) is 48.3 Å². The summed E-state index contributed by atoms with van der Waals surface area (Å²) in [6.07, 6.45) is 0.843. The van der Waals surface area contributed by atoms with Crippen molar-refractivity contribution >= 4 is 23.6 Å². The molecule has 0 unspecified atom stereocenters. The van der Waals surface area contributed by atoms with E-state index in [-0.39, 0.29) is 5.97 Å². The molecule has 0 atom stereocenters. The molecule has 2 aromatic heterocycles. The molecular formula is C16H19NO3S. The molecule has 112 valence electrons. The monoisotopic (exact) mass is 305 g/mol. The highest BCUT2D eigenvalue weighted by Crippen LogP contribution is 2.34. The van der Waals surface area contributed by atoms with Gasteiger partial charge in [0.1, 0.15) is 5.00 Å². The zero-order valence-electron chi connectivity index (χ0n) is 12.9. The molecule has 0 bridgehead atoms. The van der Waals surface area contributed by atoms with Gasteiger partial charge in [-0.25, -0.2) is 4.79 Å². The van der Waals surface area contributed by atoms with Gasteiger partial charge in [-0.05, 0) is 46.2 Å². The summed E-state index contributed by atoms with van der Waals surface area (Å²) in [5, 5.41) is 0.826. The van der Waals surface area contributed by atoms with E-state index in [0.29, 0.717) is 17.7 Å². The number of hydrogen-bond acceptors (Lipinski definition) is 4. The molecule has 0 aromatic carbocycles. The third-order valence-electron chi connectivity index (χ3n) is 3.65. The average Bonchev–Trinajstić information content (AvgIpc) is 2.87. The minimum absolute atomic E-state index is 0.311. The van der Waals surface area contributed by atoms with Crippen LogP contribution in [0.3, 0.4) is 0 Å². The van der Waals surface area contributed by atoms with E-state index in [4.69, 9.17) is 4.74 Å². The first-order chi connectivity index (χ1) is 9.92. The van der Waals surface area contributed by atoms with Crippen molar-refractivity contribution in [2.24, 2.45) is 0 Å². The summed E-state index contributed by atoms with van der Waals surface area (Å²) >= 11 is 1.55. The van der Waals surface area contributed by atoms with E-state index in [9.17, 15) is 9.59 Å². The van der Waals surface area contributed by atoms with Gasteiger partial charge in [-0.3, -0.25) is 4.79 Å². The van der Waals surface area contributed by atoms with Crippen molar-refractivity contribution in [3.05, 3.63) is 39.0 Å². The molecule has 5 heteroatoms. The van der Waals surface area contributed by atoms with Crippen LogP contribution in [0.2, 0.25) is 0 Å². The largest absolute Gasteiger partial charge is 0.462 e. The lowest BCUT2D eigenvalue weighted by molar-refractivity contribution is 0.0526. The molecule has 0 aliphatic heterocycles. The quantitative estimate of drug-likeness (QED) is 0.638. The second kappa shape index (κ2) is 5.85. The number of aryl methyl sites for hydroxylation is 2. The SMILES string of the molecule is CCOC(=O)c1c(-n2c(C)cc(C=O)c2C)sc(C)c1C.